The van der Waals surface area contributed by atoms with Crippen molar-refractivity contribution >= 4 is 24.0 Å². The van der Waals surface area contributed by atoms with Gasteiger partial charge in [-0.3, -0.25) is 4.79 Å². The quantitative estimate of drug-likeness (QED) is 0.918. The van der Waals surface area contributed by atoms with Gasteiger partial charge in [0.05, 0.1) is 0 Å². The molecule has 0 unspecified atom stereocenters. The maximum Gasteiger partial charge on any atom is 0.258 e. The number of nitrogens with one attached hydrogen (secondary N) is 1. The fourth-order valence-electron chi connectivity index (χ4n) is 2.88. The number of amides is 1. The Balaban J connectivity index is 0.00000176. The van der Waals surface area contributed by atoms with E-state index in [4.69, 9.17) is 0 Å². The first-order chi connectivity index (χ1) is 10.0. The van der Waals surface area contributed by atoms with Crippen LogP contribution in [0.3, 0.4) is 0 Å². The lowest BCUT2D eigenvalue weighted by atomic mass is 10.0. The highest BCUT2D eigenvalue weighted by Crippen LogP contribution is 2.22. The number of nitrogens with zero attached hydrogens (tertiary/aromatic N) is 1. The number of rotatable bonds is 2. The maximum atomic E-state index is 12.7. The van der Waals surface area contributed by atoms with Crippen LogP contribution in [0.25, 0.3) is 0 Å². The third kappa shape index (κ3) is 3.16. The van der Waals surface area contributed by atoms with Gasteiger partial charge in [-0.05, 0) is 60.4 Å². The molecule has 116 valence electrons. The minimum atomic E-state index is 0. The molecule has 3 nitrogen and oxygen atoms in total. The van der Waals surface area contributed by atoms with E-state index in [0.717, 1.165) is 24.3 Å². The molecule has 1 heterocycles. The van der Waals surface area contributed by atoms with Gasteiger partial charge < -0.3 is 10.2 Å². The summed E-state index contributed by atoms with van der Waals surface area (Å²) in [6.07, 6.45) is 0. The molecule has 1 N–H and O–H groups in total. The molecule has 0 bridgehead atoms. The number of anilines is 1. The molecule has 0 saturated carbocycles. The van der Waals surface area contributed by atoms with E-state index in [2.05, 4.69) is 31.3 Å². The van der Waals surface area contributed by atoms with Crippen molar-refractivity contribution in [3.63, 3.8) is 0 Å². The number of halogens is 1. The van der Waals surface area contributed by atoms with E-state index in [0.29, 0.717) is 0 Å². The molecule has 1 amide bonds. The second-order valence-corrected chi connectivity index (χ2v) is 5.80. The molecule has 0 radical (unpaired) electrons. The van der Waals surface area contributed by atoms with Crippen LogP contribution in [0.1, 0.15) is 32.6 Å². The maximum absolute atomic E-state index is 12.7. The van der Waals surface area contributed by atoms with E-state index in [-0.39, 0.29) is 18.3 Å². The average molecular weight is 317 g/mol. The predicted octanol–water partition coefficient (Wildman–Crippen LogP) is 3.61. The van der Waals surface area contributed by atoms with Crippen molar-refractivity contribution in [2.75, 3.05) is 11.9 Å². The summed E-state index contributed by atoms with van der Waals surface area (Å²) < 4.78 is 0. The summed E-state index contributed by atoms with van der Waals surface area (Å²) in [6.45, 7) is 5.85. The number of fused-ring (bicyclic) bond motifs is 1. The Bertz CT molecular complexity index is 692. The van der Waals surface area contributed by atoms with Gasteiger partial charge in [0.2, 0.25) is 0 Å². The predicted molar refractivity (Wildman–Crippen MR) is 92.9 cm³/mol. The summed E-state index contributed by atoms with van der Waals surface area (Å²) in [6, 6.07) is 12.2. The molecule has 22 heavy (non-hydrogen) atoms. The van der Waals surface area contributed by atoms with Crippen LogP contribution in [-0.2, 0) is 13.1 Å². The molecule has 1 aliphatic rings. The molecule has 0 atom stereocenters. The van der Waals surface area contributed by atoms with Crippen LogP contribution in [0, 0.1) is 13.8 Å². The average Bonchev–Trinajstić information content (AvgIpc) is 2.92. The largest absolute Gasteiger partial charge is 0.311 e. The molecule has 1 aliphatic heterocycles. The number of carbonyl (C=O) groups excluding carboxylic acids is 1. The highest BCUT2D eigenvalue weighted by molar-refractivity contribution is 6.06. The molecular weight excluding hydrogens is 296 g/mol. The highest BCUT2D eigenvalue weighted by Gasteiger charge is 2.17. The molecule has 0 spiro atoms. The Kier molecular flexibility index (Phi) is 4.89. The second-order valence-electron chi connectivity index (χ2n) is 5.80. The van der Waals surface area contributed by atoms with Gasteiger partial charge in [0.15, 0.2) is 0 Å². The Labute approximate surface area is 137 Å². The van der Waals surface area contributed by atoms with E-state index < -0.39 is 0 Å². The van der Waals surface area contributed by atoms with Crippen molar-refractivity contribution in [1.29, 1.82) is 0 Å². The van der Waals surface area contributed by atoms with Crippen molar-refractivity contribution in [3.8, 4) is 0 Å². The fraction of sp³-hybridized carbons (Fsp3) is 0.278. The Hall–Kier alpha value is -1.84. The number of carbonyl (C=O) groups is 1. The summed E-state index contributed by atoms with van der Waals surface area (Å²) in [5.74, 6) is 0.0368. The molecular formula is C18H21ClN2O. The van der Waals surface area contributed by atoms with E-state index in [1.807, 2.05) is 31.3 Å². The zero-order valence-electron chi connectivity index (χ0n) is 13.1. The van der Waals surface area contributed by atoms with Crippen LogP contribution in [-0.4, -0.2) is 13.0 Å². The van der Waals surface area contributed by atoms with Crippen molar-refractivity contribution in [2.24, 2.45) is 0 Å². The normalized spacial score (nSPS) is 12.5. The van der Waals surface area contributed by atoms with Crippen molar-refractivity contribution < 1.29 is 4.79 Å². The zero-order valence-corrected chi connectivity index (χ0v) is 14.0. The summed E-state index contributed by atoms with van der Waals surface area (Å²) >= 11 is 0. The Morgan fingerprint density at radius 2 is 1.64 bits per heavy atom. The minimum absolute atomic E-state index is 0. The van der Waals surface area contributed by atoms with E-state index in [1.165, 1.54) is 22.3 Å². The lowest BCUT2D eigenvalue weighted by Crippen LogP contribution is -2.26. The smallest absolute Gasteiger partial charge is 0.258 e. The molecule has 2 aromatic rings. The van der Waals surface area contributed by atoms with Crippen LogP contribution in [0.5, 0.6) is 0 Å². The minimum Gasteiger partial charge on any atom is -0.311 e. The van der Waals surface area contributed by atoms with Crippen molar-refractivity contribution in [3.05, 3.63) is 64.2 Å². The van der Waals surface area contributed by atoms with Gasteiger partial charge in [-0.15, -0.1) is 12.4 Å². The summed E-state index contributed by atoms with van der Waals surface area (Å²) in [7, 11) is 1.84. The molecule has 0 aliphatic carbocycles. The number of aryl methyl sites for hydroxylation is 2. The van der Waals surface area contributed by atoms with Crippen LogP contribution < -0.4 is 10.2 Å². The summed E-state index contributed by atoms with van der Waals surface area (Å²) in [4.78, 5) is 14.4. The molecule has 3 rings (SSSR count). The lowest BCUT2D eigenvalue weighted by molar-refractivity contribution is 0.0993. The molecule has 0 fully saturated rings. The summed E-state index contributed by atoms with van der Waals surface area (Å²) in [5, 5.41) is 3.30. The summed E-state index contributed by atoms with van der Waals surface area (Å²) in [5.41, 5.74) is 6.55. The lowest BCUT2D eigenvalue weighted by Gasteiger charge is -2.19. The number of benzene rings is 2. The first kappa shape index (κ1) is 16.5. The van der Waals surface area contributed by atoms with Crippen LogP contribution >= 0.6 is 12.4 Å². The third-order valence-electron chi connectivity index (χ3n) is 3.98. The van der Waals surface area contributed by atoms with Gasteiger partial charge in [0, 0.05) is 31.4 Å². The van der Waals surface area contributed by atoms with Crippen LogP contribution in [0.2, 0.25) is 0 Å². The molecule has 2 aromatic carbocycles. The van der Waals surface area contributed by atoms with Gasteiger partial charge in [-0.1, -0.05) is 12.1 Å². The highest BCUT2D eigenvalue weighted by atomic mass is 35.5. The molecule has 0 saturated heterocycles. The van der Waals surface area contributed by atoms with Gasteiger partial charge in [-0.25, -0.2) is 0 Å². The van der Waals surface area contributed by atoms with E-state index in [9.17, 15) is 4.79 Å². The van der Waals surface area contributed by atoms with Crippen LogP contribution in [0.4, 0.5) is 5.69 Å². The van der Waals surface area contributed by atoms with Gasteiger partial charge in [0.1, 0.15) is 0 Å². The van der Waals surface area contributed by atoms with Crippen molar-refractivity contribution in [2.45, 2.75) is 26.9 Å². The van der Waals surface area contributed by atoms with Crippen molar-refractivity contribution in [1.82, 2.24) is 5.32 Å². The van der Waals surface area contributed by atoms with Crippen LogP contribution in [0.15, 0.2) is 36.4 Å². The second kappa shape index (κ2) is 6.51. The molecule has 0 aromatic heterocycles. The van der Waals surface area contributed by atoms with Gasteiger partial charge in [-0.2, -0.15) is 0 Å². The van der Waals surface area contributed by atoms with E-state index in [1.54, 1.807) is 4.90 Å². The monoisotopic (exact) mass is 316 g/mol. The Morgan fingerprint density at radius 3 is 2.32 bits per heavy atom. The third-order valence-corrected chi connectivity index (χ3v) is 3.98. The fourth-order valence-corrected chi connectivity index (χ4v) is 2.88. The van der Waals surface area contributed by atoms with E-state index >= 15 is 0 Å². The SMILES string of the molecule is Cc1cc(C)cc(N(C)C(=O)c2ccc3c(c2)CNC3)c1.Cl. The van der Waals surface area contributed by atoms with Gasteiger partial charge >= 0.3 is 0 Å². The number of hydrogen-bond donors (Lipinski definition) is 1. The van der Waals surface area contributed by atoms with Gasteiger partial charge in [0.25, 0.3) is 5.91 Å². The Morgan fingerprint density at radius 1 is 1.00 bits per heavy atom. The molecule has 4 heteroatoms. The zero-order chi connectivity index (χ0) is 15.0. The first-order valence-corrected chi connectivity index (χ1v) is 7.23. The number of hydrogen-bond acceptors (Lipinski definition) is 2. The topological polar surface area (TPSA) is 32.3 Å². The standard InChI is InChI=1S/C18H20N2O.ClH/c1-12-6-13(2)8-17(7-12)20(3)18(21)14-4-5-15-10-19-11-16(15)9-14;/h4-9,19H,10-11H2,1-3H3;1H. The first-order valence-electron chi connectivity index (χ1n) is 7.23.